The van der Waals surface area contributed by atoms with Crippen LogP contribution < -0.4 is 0 Å². The molecule has 0 spiro atoms. The van der Waals surface area contributed by atoms with E-state index in [1.165, 1.54) is 6.42 Å². The third-order valence-corrected chi connectivity index (χ3v) is 7.08. The molecule has 9 heteroatoms. The summed E-state index contributed by atoms with van der Waals surface area (Å²) in [5.74, 6) is 1.01. The van der Waals surface area contributed by atoms with Gasteiger partial charge in [0.2, 0.25) is 5.91 Å². The summed E-state index contributed by atoms with van der Waals surface area (Å²) in [5, 5.41) is 0. The molecular formula is C39H75NO8. The number of hydrogen-bond donors (Lipinski definition) is 0. The molecule has 2 aliphatic rings. The van der Waals surface area contributed by atoms with Gasteiger partial charge in [0.15, 0.2) is 5.78 Å². The van der Waals surface area contributed by atoms with Crippen LogP contribution in [0.15, 0.2) is 11.8 Å². The zero-order valence-electron chi connectivity index (χ0n) is 33.9. The van der Waals surface area contributed by atoms with Crippen LogP contribution in [0.2, 0.25) is 0 Å². The number of hydrogen-bond acceptors (Lipinski definition) is 8. The zero-order chi connectivity index (χ0) is 37.4. The van der Waals surface area contributed by atoms with Crippen molar-refractivity contribution in [1.29, 1.82) is 0 Å². The van der Waals surface area contributed by atoms with Crippen molar-refractivity contribution in [1.82, 2.24) is 4.90 Å². The molecule has 3 unspecified atom stereocenters. The molecule has 0 aromatic heterocycles. The van der Waals surface area contributed by atoms with Crippen LogP contribution in [0.1, 0.15) is 137 Å². The highest BCUT2D eigenvalue weighted by molar-refractivity contribution is 6.09. The number of allylic oxidation sites excluding steroid dienone is 1. The van der Waals surface area contributed by atoms with Gasteiger partial charge < -0.3 is 28.4 Å². The lowest BCUT2D eigenvalue weighted by atomic mass is 9.95. The predicted octanol–water partition coefficient (Wildman–Crippen LogP) is 8.37. The van der Waals surface area contributed by atoms with Crippen molar-refractivity contribution in [3.8, 4) is 0 Å². The van der Waals surface area contributed by atoms with Crippen molar-refractivity contribution in [3.63, 3.8) is 0 Å². The molecule has 48 heavy (non-hydrogen) atoms. The summed E-state index contributed by atoms with van der Waals surface area (Å²) in [7, 11) is 0. The quantitative estimate of drug-likeness (QED) is 0.150. The molecule has 0 radical (unpaired) electrons. The van der Waals surface area contributed by atoms with E-state index in [1.807, 2.05) is 55.4 Å². The summed E-state index contributed by atoms with van der Waals surface area (Å²) in [6, 6.07) is 0. The van der Waals surface area contributed by atoms with E-state index in [0.717, 1.165) is 13.2 Å². The highest BCUT2D eigenvalue weighted by Crippen LogP contribution is 2.31. The van der Waals surface area contributed by atoms with Crippen molar-refractivity contribution in [3.05, 3.63) is 11.8 Å². The summed E-state index contributed by atoms with van der Waals surface area (Å²) >= 11 is 0. The fourth-order valence-corrected chi connectivity index (χ4v) is 5.36. The van der Waals surface area contributed by atoms with Crippen LogP contribution in [0.25, 0.3) is 0 Å². The summed E-state index contributed by atoms with van der Waals surface area (Å²) in [6.45, 7) is 37.0. The fraction of sp³-hybridized carbons (Fsp3) is 0.897. The molecule has 1 saturated heterocycles. The Hall–Kier alpha value is -1.36. The minimum atomic E-state index is -0.418. The first kappa shape index (κ1) is 46.6. The smallest absolute Gasteiger partial charge is 0.236 e. The molecule has 0 aliphatic carbocycles. The minimum Gasteiger partial charge on any atom is -0.378 e. The number of nitrogens with zero attached hydrogens (tertiary/aromatic N) is 1. The monoisotopic (exact) mass is 686 g/mol. The van der Waals surface area contributed by atoms with Gasteiger partial charge in [0.05, 0.1) is 68.5 Å². The first-order valence-electron chi connectivity index (χ1n) is 18.4. The molecule has 2 heterocycles. The number of Topliss-reactive ketones (excluding diaryl/α,β-unsaturated/α-hetero) is 1. The summed E-state index contributed by atoms with van der Waals surface area (Å²) in [6.07, 6.45) is 3.70. The lowest BCUT2D eigenvalue weighted by Gasteiger charge is -2.30. The molecule has 1 amide bonds. The number of ketones is 1. The largest absolute Gasteiger partial charge is 0.378 e. The standard InChI is InChI=1S/C19H31NO5.C13H28O2.C7H16O/c1-11(2)14-9-20(18(22)7-15(14)21)19-8-16(24-13(5)6)17(25-19)10-23-12(3)4;1-10(2)7-13(8-14-11(3)4)9-15-12(5)6;1-6(2)8-7(3,4)5/h9,11-13,16-17,19H,7-8,10H2,1-6H3;10-13H,7-9H2,1-6H3;6H,1-5H3. The third kappa shape index (κ3) is 21.7. The maximum Gasteiger partial charge on any atom is 0.236 e. The van der Waals surface area contributed by atoms with E-state index in [4.69, 9.17) is 28.4 Å². The topological polar surface area (TPSA) is 92.8 Å². The molecule has 284 valence electrons. The third-order valence-electron chi connectivity index (χ3n) is 7.08. The molecule has 2 aliphatic heterocycles. The zero-order valence-corrected chi connectivity index (χ0v) is 33.9. The van der Waals surface area contributed by atoms with Gasteiger partial charge in [-0.05, 0) is 108 Å². The van der Waals surface area contributed by atoms with Crippen LogP contribution in [0.4, 0.5) is 0 Å². The molecule has 2 rings (SSSR count). The van der Waals surface area contributed by atoms with E-state index >= 15 is 0 Å². The second-order valence-electron chi connectivity index (χ2n) is 16.1. The summed E-state index contributed by atoms with van der Waals surface area (Å²) in [5.41, 5.74) is 0.695. The van der Waals surface area contributed by atoms with Crippen LogP contribution in [0.3, 0.4) is 0 Å². The van der Waals surface area contributed by atoms with Crippen LogP contribution in [-0.4, -0.2) is 91.0 Å². The van der Waals surface area contributed by atoms with Crippen LogP contribution in [0.5, 0.6) is 0 Å². The Kier molecular flexibility index (Phi) is 22.5. The Morgan fingerprint density at radius 2 is 1.29 bits per heavy atom. The second-order valence-corrected chi connectivity index (χ2v) is 16.1. The highest BCUT2D eigenvalue weighted by Gasteiger charge is 2.42. The number of carbonyl (C=O) groups is 2. The van der Waals surface area contributed by atoms with E-state index in [9.17, 15) is 9.59 Å². The Balaban J connectivity index is 0.000000813. The molecule has 0 aromatic carbocycles. The number of carbonyl (C=O) groups excluding carboxylic acids is 2. The first-order valence-corrected chi connectivity index (χ1v) is 18.4. The van der Waals surface area contributed by atoms with Crippen LogP contribution in [-0.2, 0) is 38.0 Å². The molecular weight excluding hydrogens is 610 g/mol. The summed E-state index contributed by atoms with van der Waals surface area (Å²) < 4.78 is 34.5. The fourth-order valence-electron chi connectivity index (χ4n) is 5.36. The number of amides is 1. The first-order chi connectivity index (χ1) is 22.0. The Bertz CT molecular complexity index is 907. The predicted molar refractivity (Wildman–Crippen MR) is 195 cm³/mol. The van der Waals surface area contributed by atoms with Gasteiger partial charge in [-0.3, -0.25) is 14.5 Å². The van der Waals surface area contributed by atoms with Crippen molar-refractivity contribution < 1.29 is 38.0 Å². The van der Waals surface area contributed by atoms with Gasteiger partial charge in [-0.1, -0.05) is 27.7 Å². The molecule has 9 nitrogen and oxygen atoms in total. The van der Waals surface area contributed by atoms with Crippen molar-refractivity contribution in [2.24, 2.45) is 17.8 Å². The Morgan fingerprint density at radius 1 is 0.771 bits per heavy atom. The molecule has 0 N–H and O–H groups in total. The van der Waals surface area contributed by atoms with Gasteiger partial charge in [0.25, 0.3) is 0 Å². The van der Waals surface area contributed by atoms with Crippen molar-refractivity contribution in [2.45, 2.75) is 192 Å². The normalized spacial score (nSPS) is 20.5. The number of rotatable bonds is 16. The van der Waals surface area contributed by atoms with Crippen molar-refractivity contribution in [2.75, 3.05) is 19.8 Å². The molecule has 0 bridgehead atoms. The van der Waals surface area contributed by atoms with E-state index in [1.54, 1.807) is 11.1 Å². The molecule has 3 atom stereocenters. The van der Waals surface area contributed by atoms with Gasteiger partial charge >= 0.3 is 0 Å². The number of ether oxygens (including phenoxy) is 6. The average Bonchev–Trinajstić information content (AvgIpc) is 3.29. The Labute approximate surface area is 295 Å². The molecule has 0 aromatic rings. The average molecular weight is 686 g/mol. The van der Waals surface area contributed by atoms with Gasteiger partial charge in [0, 0.05) is 24.1 Å². The molecule has 1 fully saturated rings. The van der Waals surface area contributed by atoms with Crippen LogP contribution >= 0.6 is 0 Å². The van der Waals surface area contributed by atoms with Gasteiger partial charge in [-0.2, -0.15) is 0 Å². The summed E-state index contributed by atoms with van der Waals surface area (Å²) in [4.78, 5) is 26.0. The Morgan fingerprint density at radius 3 is 1.67 bits per heavy atom. The minimum absolute atomic E-state index is 0.0220. The van der Waals surface area contributed by atoms with E-state index in [-0.39, 0.29) is 54.0 Å². The van der Waals surface area contributed by atoms with Gasteiger partial charge in [-0.25, -0.2) is 0 Å². The van der Waals surface area contributed by atoms with Crippen LogP contribution in [0, 0.1) is 17.8 Å². The van der Waals surface area contributed by atoms with Gasteiger partial charge in [-0.15, -0.1) is 0 Å². The van der Waals surface area contributed by atoms with E-state index in [0.29, 0.717) is 48.7 Å². The van der Waals surface area contributed by atoms with Gasteiger partial charge in [0.1, 0.15) is 12.3 Å². The van der Waals surface area contributed by atoms with Crippen molar-refractivity contribution >= 4 is 11.7 Å². The lowest BCUT2D eigenvalue weighted by molar-refractivity contribution is -0.147. The van der Waals surface area contributed by atoms with E-state index < -0.39 is 6.23 Å². The maximum atomic E-state index is 12.4. The van der Waals surface area contributed by atoms with E-state index in [2.05, 4.69) is 62.3 Å². The highest BCUT2D eigenvalue weighted by atomic mass is 16.6. The maximum absolute atomic E-state index is 12.4. The second kappa shape index (κ2) is 23.2. The molecule has 0 saturated carbocycles. The SMILES string of the molecule is CC(C)CC(COC(C)C)COC(C)C.CC(C)OC(C)(C)C.CC(C)OCC1OC(N2C=C(C(C)C)C(=O)CC2=O)CC1OC(C)C. The lowest BCUT2D eigenvalue weighted by Crippen LogP contribution is -2.41.